The molecule has 0 fully saturated rings. The number of esters is 1. The molecule has 0 heterocycles. The van der Waals surface area contributed by atoms with Crippen LogP contribution in [0.3, 0.4) is 0 Å². The van der Waals surface area contributed by atoms with Gasteiger partial charge in [-0.15, -0.1) is 0 Å². The number of hydrogen-bond acceptors (Lipinski definition) is 3. The van der Waals surface area contributed by atoms with Gasteiger partial charge in [0.25, 0.3) is 0 Å². The van der Waals surface area contributed by atoms with Gasteiger partial charge in [-0.2, -0.15) is 13.2 Å². The Morgan fingerprint density at radius 3 is 2.70 bits per heavy atom. The average molecular weight is 289 g/mol. The summed E-state index contributed by atoms with van der Waals surface area (Å²) < 4.78 is 42.4. The van der Waals surface area contributed by atoms with Crippen molar-refractivity contribution in [2.45, 2.75) is 39.0 Å². The molecule has 1 unspecified atom stereocenters. The van der Waals surface area contributed by atoms with E-state index in [-0.39, 0.29) is 25.0 Å². The van der Waals surface area contributed by atoms with Gasteiger partial charge in [-0.1, -0.05) is 18.2 Å². The first-order valence-corrected chi connectivity index (χ1v) is 6.38. The van der Waals surface area contributed by atoms with Crippen molar-refractivity contribution in [2.75, 3.05) is 6.61 Å². The Labute approximate surface area is 116 Å². The van der Waals surface area contributed by atoms with Crippen molar-refractivity contribution in [3.8, 4) is 0 Å². The lowest BCUT2D eigenvalue weighted by Gasteiger charge is -2.14. The summed E-state index contributed by atoms with van der Waals surface area (Å²) >= 11 is 0. The molecule has 0 saturated heterocycles. The van der Waals surface area contributed by atoms with E-state index < -0.39 is 11.7 Å². The van der Waals surface area contributed by atoms with E-state index in [4.69, 9.17) is 4.74 Å². The van der Waals surface area contributed by atoms with Crippen LogP contribution < -0.4 is 5.32 Å². The Balaban J connectivity index is 2.51. The largest absolute Gasteiger partial charge is 0.466 e. The summed E-state index contributed by atoms with van der Waals surface area (Å²) in [5, 5.41) is 3.00. The highest BCUT2D eigenvalue weighted by atomic mass is 19.4. The molecule has 1 N–H and O–H groups in total. The third-order valence-corrected chi connectivity index (χ3v) is 2.69. The second-order valence-electron chi connectivity index (χ2n) is 4.49. The molecule has 0 amide bonds. The molecule has 0 saturated carbocycles. The van der Waals surface area contributed by atoms with Gasteiger partial charge in [-0.3, -0.25) is 4.79 Å². The van der Waals surface area contributed by atoms with Crippen molar-refractivity contribution >= 4 is 5.97 Å². The minimum absolute atomic E-state index is 0.163. The van der Waals surface area contributed by atoms with Crippen LogP contribution in [0.15, 0.2) is 24.3 Å². The van der Waals surface area contributed by atoms with Crippen LogP contribution in [0.1, 0.15) is 31.4 Å². The number of rotatable bonds is 6. The lowest BCUT2D eigenvalue weighted by atomic mass is 10.1. The smallest absolute Gasteiger partial charge is 0.416 e. The fourth-order valence-electron chi connectivity index (χ4n) is 1.69. The fourth-order valence-corrected chi connectivity index (χ4v) is 1.69. The minimum Gasteiger partial charge on any atom is -0.466 e. The first kappa shape index (κ1) is 16.5. The molecule has 20 heavy (non-hydrogen) atoms. The molecule has 1 aromatic rings. The summed E-state index contributed by atoms with van der Waals surface area (Å²) in [6.07, 6.45) is -4.15. The quantitative estimate of drug-likeness (QED) is 0.818. The number of nitrogens with one attached hydrogen (secondary N) is 1. The predicted octanol–water partition coefficient (Wildman–Crippen LogP) is 3.14. The van der Waals surface area contributed by atoms with Crippen molar-refractivity contribution in [2.24, 2.45) is 0 Å². The van der Waals surface area contributed by atoms with E-state index in [2.05, 4.69) is 5.32 Å². The molecule has 0 aliphatic heterocycles. The van der Waals surface area contributed by atoms with Gasteiger partial charge in [0.2, 0.25) is 0 Å². The summed E-state index contributed by atoms with van der Waals surface area (Å²) in [5.41, 5.74) is -0.148. The molecule has 3 nitrogen and oxygen atoms in total. The second-order valence-corrected chi connectivity index (χ2v) is 4.49. The van der Waals surface area contributed by atoms with E-state index in [0.717, 1.165) is 12.1 Å². The molecule has 0 aliphatic carbocycles. The molecule has 6 heteroatoms. The van der Waals surface area contributed by atoms with Crippen LogP contribution in [0.4, 0.5) is 13.2 Å². The van der Waals surface area contributed by atoms with Crippen LogP contribution in [0.25, 0.3) is 0 Å². The number of carbonyl (C=O) groups is 1. The highest BCUT2D eigenvalue weighted by molar-refractivity contribution is 5.70. The molecule has 1 atom stereocenters. The molecule has 1 rings (SSSR count). The van der Waals surface area contributed by atoms with Crippen molar-refractivity contribution in [1.29, 1.82) is 0 Å². The van der Waals surface area contributed by atoms with Crippen LogP contribution in [-0.2, 0) is 22.3 Å². The van der Waals surface area contributed by atoms with Crippen molar-refractivity contribution in [3.63, 3.8) is 0 Å². The van der Waals surface area contributed by atoms with Crippen LogP contribution in [0, 0.1) is 0 Å². The number of halogens is 3. The Morgan fingerprint density at radius 1 is 1.40 bits per heavy atom. The van der Waals surface area contributed by atoms with Gasteiger partial charge in [0.1, 0.15) is 0 Å². The molecular formula is C14H18F3NO2. The minimum atomic E-state index is -4.34. The van der Waals surface area contributed by atoms with E-state index in [1.165, 1.54) is 6.07 Å². The zero-order chi connectivity index (χ0) is 15.2. The average Bonchev–Trinajstić information content (AvgIpc) is 2.36. The maximum atomic E-state index is 12.5. The van der Waals surface area contributed by atoms with Crippen LogP contribution in [-0.4, -0.2) is 18.6 Å². The van der Waals surface area contributed by atoms with Crippen molar-refractivity contribution in [1.82, 2.24) is 5.32 Å². The fraction of sp³-hybridized carbons (Fsp3) is 0.500. The predicted molar refractivity (Wildman–Crippen MR) is 69.0 cm³/mol. The number of ether oxygens (including phenoxy) is 1. The zero-order valence-electron chi connectivity index (χ0n) is 11.5. The maximum Gasteiger partial charge on any atom is 0.416 e. The molecule has 0 aromatic heterocycles. The first-order valence-electron chi connectivity index (χ1n) is 6.38. The third kappa shape index (κ3) is 5.61. The van der Waals surface area contributed by atoms with Crippen LogP contribution in [0.2, 0.25) is 0 Å². The summed E-state index contributed by atoms with van der Waals surface area (Å²) in [7, 11) is 0. The molecule has 0 bridgehead atoms. The van der Waals surface area contributed by atoms with Crippen molar-refractivity contribution < 1.29 is 22.7 Å². The van der Waals surface area contributed by atoms with Gasteiger partial charge in [0.15, 0.2) is 0 Å². The van der Waals surface area contributed by atoms with Gasteiger partial charge in [-0.05, 0) is 25.5 Å². The lowest BCUT2D eigenvalue weighted by molar-refractivity contribution is -0.143. The number of alkyl halides is 3. The zero-order valence-corrected chi connectivity index (χ0v) is 11.5. The van der Waals surface area contributed by atoms with Crippen molar-refractivity contribution in [3.05, 3.63) is 35.4 Å². The SMILES string of the molecule is CCOC(=O)CC(C)NCc1cccc(C(F)(F)F)c1. The lowest BCUT2D eigenvalue weighted by Crippen LogP contribution is -2.28. The van der Waals surface area contributed by atoms with E-state index in [1.54, 1.807) is 19.9 Å². The van der Waals surface area contributed by atoms with Crippen LogP contribution in [0.5, 0.6) is 0 Å². The topological polar surface area (TPSA) is 38.3 Å². The molecule has 0 aliphatic rings. The first-order chi connectivity index (χ1) is 9.32. The number of carbonyl (C=O) groups excluding carboxylic acids is 1. The Morgan fingerprint density at radius 2 is 2.10 bits per heavy atom. The van der Waals surface area contributed by atoms with E-state index in [0.29, 0.717) is 12.2 Å². The molecular weight excluding hydrogens is 271 g/mol. The number of benzene rings is 1. The Kier molecular flexibility index (Phi) is 6.01. The van der Waals surface area contributed by atoms with E-state index in [9.17, 15) is 18.0 Å². The summed E-state index contributed by atoms with van der Waals surface area (Å²) in [4.78, 5) is 11.2. The normalized spacial score (nSPS) is 13.1. The summed E-state index contributed by atoms with van der Waals surface area (Å²) in [6.45, 7) is 4.09. The van der Waals surface area contributed by atoms with Gasteiger partial charge >= 0.3 is 12.1 Å². The van der Waals surface area contributed by atoms with Gasteiger partial charge in [-0.25, -0.2) is 0 Å². The molecule has 0 spiro atoms. The molecule has 0 radical (unpaired) electrons. The molecule has 1 aromatic carbocycles. The summed E-state index contributed by atoms with van der Waals surface area (Å²) in [6, 6.07) is 4.95. The summed E-state index contributed by atoms with van der Waals surface area (Å²) in [5.74, 6) is -0.323. The highest BCUT2D eigenvalue weighted by Gasteiger charge is 2.30. The Bertz CT molecular complexity index is 446. The third-order valence-electron chi connectivity index (χ3n) is 2.69. The monoisotopic (exact) mass is 289 g/mol. The standard InChI is InChI=1S/C14H18F3NO2/c1-3-20-13(19)7-10(2)18-9-11-5-4-6-12(8-11)14(15,16)17/h4-6,8,10,18H,3,7,9H2,1-2H3. The second kappa shape index (κ2) is 7.28. The Hall–Kier alpha value is -1.56. The van der Waals surface area contributed by atoms with Gasteiger partial charge in [0, 0.05) is 12.6 Å². The number of hydrogen-bond donors (Lipinski definition) is 1. The maximum absolute atomic E-state index is 12.5. The van der Waals surface area contributed by atoms with Gasteiger partial charge < -0.3 is 10.1 Å². The molecule has 112 valence electrons. The van der Waals surface area contributed by atoms with E-state index in [1.807, 2.05) is 0 Å². The van der Waals surface area contributed by atoms with E-state index >= 15 is 0 Å². The highest BCUT2D eigenvalue weighted by Crippen LogP contribution is 2.29. The van der Waals surface area contributed by atoms with Gasteiger partial charge in [0.05, 0.1) is 18.6 Å². The van der Waals surface area contributed by atoms with Crippen LogP contribution >= 0.6 is 0 Å².